The maximum atomic E-state index is 12.8. The van der Waals surface area contributed by atoms with Gasteiger partial charge in [-0.1, -0.05) is 36.4 Å². The molecule has 0 aliphatic rings. The third-order valence-corrected chi connectivity index (χ3v) is 4.36. The minimum absolute atomic E-state index is 0.0378. The summed E-state index contributed by atoms with van der Waals surface area (Å²) < 4.78 is 5.38. The molecule has 0 aromatic heterocycles. The van der Waals surface area contributed by atoms with E-state index in [1.54, 1.807) is 35.2 Å². The lowest BCUT2D eigenvalue weighted by Crippen LogP contribution is -2.38. The molecule has 0 spiro atoms. The minimum Gasteiger partial charge on any atom is -0.446 e. The van der Waals surface area contributed by atoms with E-state index in [1.807, 2.05) is 13.8 Å². The topological polar surface area (TPSA) is 119 Å². The van der Waals surface area contributed by atoms with Crippen molar-refractivity contribution in [2.75, 3.05) is 19.6 Å². The fourth-order valence-corrected chi connectivity index (χ4v) is 2.78. The molecule has 0 aliphatic heterocycles. The highest BCUT2D eigenvalue weighted by Crippen LogP contribution is 2.20. The van der Waals surface area contributed by atoms with Crippen molar-refractivity contribution >= 4 is 23.5 Å². The predicted molar refractivity (Wildman–Crippen MR) is 109 cm³/mol. The summed E-state index contributed by atoms with van der Waals surface area (Å²) in [4.78, 5) is 49.1. The molecule has 0 heterocycles. The van der Waals surface area contributed by atoms with E-state index in [2.05, 4.69) is 5.32 Å². The first-order valence-corrected chi connectivity index (χ1v) is 9.43. The third-order valence-electron chi connectivity index (χ3n) is 4.36. The van der Waals surface area contributed by atoms with Crippen molar-refractivity contribution < 1.29 is 24.0 Å². The van der Waals surface area contributed by atoms with Crippen LogP contribution < -0.4 is 5.32 Å². The monoisotopic (exact) mass is 413 g/mol. The van der Waals surface area contributed by atoms with Crippen LogP contribution in [-0.2, 0) is 14.3 Å². The Bertz CT molecular complexity index is 912. The molecule has 1 atom stereocenters. The Morgan fingerprint density at radius 1 is 1.07 bits per heavy atom. The number of benzene rings is 2. The number of nitro benzene ring substituents is 1. The molecule has 0 fully saturated rings. The molecule has 0 aliphatic carbocycles. The molecule has 0 saturated carbocycles. The summed E-state index contributed by atoms with van der Waals surface area (Å²) in [5.41, 5.74) is 0.322. The van der Waals surface area contributed by atoms with Crippen molar-refractivity contribution in [1.82, 2.24) is 10.2 Å². The van der Waals surface area contributed by atoms with Gasteiger partial charge in [0.25, 0.3) is 17.5 Å². The quantitative estimate of drug-likeness (QED) is 0.383. The van der Waals surface area contributed by atoms with Gasteiger partial charge >= 0.3 is 5.97 Å². The molecule has 0 radical (unpaired) electrons. The van der Waals surface area contributed by atoms with Gasteiger partial charge in [-0.25, -0.2) is 0 Å². The van der Waals surface area contributed by atoms with E-state index >= 15 is 0 Å². The summed E-state index contributed by atoms with van der Waals surface area (Å²) in [7, 11) is 0. The Balaban J connectivity index is 2.07. The standard InChI is InChI=1S/C21H23N3O6/c1-3-23(4-2)21(27)19(15-9-6-5-7-10-15)30-18(25)14-22-20(26)16-11-8-12-17(13-16)24(28)29/h5-13,19H,3-4,14H2,1-2H3,(H,22,26)/t19-/m0/s1. The van der Waals surface area contributed by atoms with E-state index in [0.29, 0.717) is 18.7 Å². The Hall–Kier alpha value is -3.75. The summed E-state index contributed by atoms with van der Waals surface area (Å²) in [6, 6.07) is 13.7. The van der Waals surface area contributed by atoms with Crippen molar-refractivity contribution in [2.24, 2.45) is 0 Å². The maximum Gasteiger partial charge on any atom is 0.326 e. The van der Waals surface area contributed by atoms with Crippen LogP contribution in [0.5, 0.6) is 0 Å². The number of ether oxygens (including phenoxy) is 1. The number of carbonyl (C=O) groups excluding carboxylic acids is 3. The minimum atomic E-state index is -1.13. The molecule has 9 heteroatoms. The zero-order valence-electron chi connectivity index (χ0n) is 16.7. The number of nitrogens with one attached hydrogen (secondary N) is 1. The fraction of sp³-hybridized carbons (Fsp3) is 0.286. The van der Waals surface area contributed by atoms with Gasteiger partial charge in [-0.2, -0.15) is 0 Å². The van der Waals surface area contributed by atoms with Gasteiger partial charge in [0.05, 0.1) is 4.92 Å². The lowest BCUT2D eigenvalue weighted by Gasteiger charge is -2.25. The molecule has 2 rings (SSSR count). The lowest BCUT2D eigenvalue weighted by molar-refractivity contribution is -0.384. The van der Waals surface area contributed by atoms with Crippen molar-refractivity contribution in [3.8, 4) is 0 Å². The number of likely N-dealkylation sites (N-methyl/N-ethyl adjacent to an activating group) is 1. The van der Waals surface area contributed by atoms with Crippen LogP contribution in [0.4, 0.5) is 5.69 Å². The molecule has 2 amide bonds. The molecule has 0 saturated heterocycles. The van der Waals surface area contributed by atoms with Gasteiger partial charge in [-0.3, -0.25) is 24.5 Å². The molecule has 2 aromatic carbocycles. The van der Waals surface area contributed by atoms with Gasteiger partial charge in [0.2, 0.25) is 6.10 Å². The fourth-order valence-electron chi connectivity index (χ4n) is 2.78. The number of carbonyl (C=O) groups is 3. The van der Waals surface area contributed by atoms with Gasteiger partial charge in [0.15, 0.2) is 0 Å². The van der Waals surface area contributed by atoms with E-state index < -0.39 is 29.4 Å². The molecule has 30 heavy (non-hydrogen) atoms. The number of nitro groups is 1. The van der Waals surface area contributed by atoms with Crippen molar-refractivity contribution in [2.45, 2.75) is 20.0 Å². The van der Waals surface area contributed by atoms with E-state index in [-0.39, 0.29) is 17.2 Å². The summed E-state index contributed by atoms with van der Waals surface area (Å²) >= 11 is 0. The maximum absolute atomic E-state index is 12.8. The molecule has 0 unspecified atom stereocenters. The number of hydrogen-bond acceptors (Lipinski definition) is 6. The second kappa shape index (κ2) is 10.7. The van der Waals surface area contributed by atoms with E-state index in [1.165, 1.54) is 18.2 Å². The molecule has 9 nitrogen and oxygen atoms in total. The van der Waals surface area contributed by atoms with Crippen LogP contribution in [-0.4, -0.2) is 47.2 Å². The van der Waals surface area contributed by atoms with E-state index in [0.717, 1.165) is 6.07 Å². The van der Waals surface area contributed by atoms with Crippen LogP contribution in [0, 0.1) is 10.1 Å². The molecular weight excluding hydrogens is 390 g/mol. The largest absolute Gasteiger partial charge is 0.446 e. The Labute approximate surface area is 173 Å². The highest BCUT2D eigenvalue weighted by atomic mass is 16.6. The average Bonchev–Trinajstić information content (AvgIpc) is 2.77. The molecule has 1 N–H and O–H groups in total. The van der Waals surface area contributed by atoms with Crippen LogP contribution in [0.25, 0.3) is 0 Å². The van der Waals surface area contributed by atoms with Crippen LogP contribution >= 0.6 is 0 Å². The number of rotatable bonds is 9. The summed E-state index contributed by atoms with van der Waals surface area (Å²) in [6.45, 7) is 4.07. The first kappa shape index (κ1) is 22.5. The van der Waals surface area contributed by atoms with Crippen LogP contribution in [0.1, 0.15) is 35.9 Å². The molecule has 2 aromatic rings. The summed E-state index contributed by atoms with van der Waals surface area (Å²) in [5.74, 6) is -1.82. The number of non-ortho nitro benzene ring substituents is 1. The number of amides is 2. The van der Waals surface area contributed by atoms with Crippen molar-refractivity contribution in [3.05, 3.63) is 75.8 Å². The molecular formula is C21H23N3O6. The van der Waals surface area contributed by atoms with Gasteiger partial charge in [0.1, 0.15) is 6.54 Å². The number of hydrogen-bond donors (Lipinski definition) is 1. The van der Waals surface area contributed by atoms with Crippen LogP contribution in [0.15, 0.2) is 54.6 Å². The Kier molecular flexibility index (Phi) is 8.04. The van der Waals surface area contributed by atoms with Crippen molar-refractivity contribution in [1.29, 1.82) is 0 Å². The normalized spacial score (nSPS) is 11.3. The second-order valence-corrected chi connectivity index (χ2v) is 6.28. The third kappa shape index (κ3) is 5.87. The van der Waals surface area contributed by atoms with Gasteiger partial charge in [0, 0.05) is 36.3 Å². The zero-order chi connectivity index (χ0) is 22.1. The van der Waals surface area contributed by atoms with Crippen LogP contribution in [0.3, 0.4) is 0 Å². The van der Waals surface area contributed by atoms with Gasteiger partial charge in [-0.15, -0.1) is 0 Å². The lowest BCUT2D eigenvalue weighted by atomic mass is 10.1. The van der Waals surface area contributed by atoms with E-state index in [9.17, 15) is 24.5 Å². The zero-order valence-corrected chi connectivity index (χ0v) is 16.7. The predicted octanol–water partition coefficient (Wildman–Crippen LogP) is 2.48. The molecule has 0 bridgehead atoms. The smallest absolute Gasteiger partial charge is 0.326 e. The Morgan fingerprint density at radius 3 is 2.33 bits per heavy atom. The summed E-state index contributed by atoms with van der Waals surface area (Å²) in [6.07, 6.45) is -1.13. The van der Waals surface area contributed by atoms with Crippen LogP contribution in [0.2, 0.25) is 0 Å². The summed E-state index contributed by atoms with van der Waals surface area (Å²) in [5, 5.41) is 13.2. The first-order valence-electron chi connectivity index (χ1n) is 9.43. The highest BCUT2D eigenvalue weighted by Gasteiger charge is 2.28. The number of esters is 1. The molecule has 158 valence electrons. The highest BCUT2D eigenvalue weighted by molar-refractivity contribution is 5.96. The average molecular weight is 413 g/mol. The SMILES string of the molecule is CCN(CC)C(=O)[C@@H](OC(=O)CNC(=O)c1cccc([N+](=O)[O-])c1)c1ccccc1. The Morgan fingerprint density at radius 2 is 1.73 bits per heavy atom. The van der Waals surface area contributed by atoms with Gasteiger partial charge in [-0.05, 0) is 19.9 Å². The van der Waals surface area contributed by atoms with Gasteiger partial charge < -0.3 is 15.0 Å². The van der Waals surface area contributed by atoms with Crippen molar-refractivity contribution in [3.63, 3.8) is 0 Å². The second-order valence-electron chi connectivity index (χ2n) is 6.28. The number of nitrogens with zero attached hydrogens (tertiary/aromatic N) is 2. The van der Waals surface area contributed by atoms with E-state index in [4.69, 9.17) is 4.74 Å². The first-order chi connectivity index (χ1) is 14.4.